The number of ether oxygens (including phenoxy) is 2. The van der Waals surface area contributed by atoms with Crippen LogP contribution in [0.2, 0.25) is 0 Å². The van der Waals surface area contributed by atoms with Crippen LogP contribution >= 0.6 is 0 Å². The zero-order valence-corrected chi connectivity index (χ0v) is 26.2. The molecule has 3 fully saturated rings. The number of amides is 3. The highest BCUT2D eigenvalue weighted by molar-refractivity contribution is 6.05. The molecule has 9 nitrogen and oxygen atoms in total. The summed E-state index contributed by atoms with van der Waals surface area (Å²) in [5.74, 6) is -2.09. The van der Waals surface area contributed by atoms with Crippen molar-refractivity contribution in [3.05, 3.63) is 89.5 Å². The molecule has 6 atom stereocenters. The highest BCUT2D eigenvalue weighted by Gasteiger charge is 2.78. The van der Waals surface area contributed by atoms with Gasteiger partial charge in [0.2, 0.25) is 17.7 Å². The van der Waals surface area contributed by atoms with Crippen molar-refractivity contribution in [2.45, 2.75) is 70.2 Å². The Morgan fingerprint density at radius 2 is 1.67 bits per heavy atom. The smallest absolute Gasteiger partial charge is 0.250 e. The van der Waals surface area contributed by atoms with Crippen molar-refractivity contribution in [2.24, 2.45) is 11.8 Å². The normalized spacial score (nSPS) is 27.3. The van der Waals surface area contributed by atoms with Crippen LogP contribution in [0, 0.1) is 25.7 Å². The van der Waals surface area contributed by atoms with Crippen LogP contribution in [0.5, 0.6) is 5.75 Å². The first-order valence-electron chi connectivity index (χ1n) is 15.7. The first kappa shape index (κ1) is 30.8. The third-order valence-electron chi connectivity index (χ3n) is 9.83. The third-order valence-corrected chi connectivity index (χ3v) is 9.83. The second-order valence-corrected chi connectivity index (χ2v) is 12.7. The van der Waals surface area contributed by atoms with Crippen molar-refractivity contribution < 1.29 is 29.0 Å². The van der Waals surface area contributed by atoms with Gasteiger partial charge in [0.05, 0.1) is 36.7 Å². The monoisotopic (exact) mass is 611 g/mol. The zero-order chi connectivity index (χ0) is 31.9. The quantitative estimate of drug-likeness (QED) is 0.307. The second-order valence-electron chi connectivity index (χ2n) is 12.7. The fourth-order valence-corrected chi connectivity index (χ4v) is 7.82. The average molecular weight is 612 g/mol. The maximum Gasteiger partial charge on any atom is 0.250 e. The van der Waals surface area contributed by atoms with Gasteiger partial charge in [-0.05, 0) is 87.9 Å². The number of nitrogens with zero attached hydrogens (tertiary/aromatic N) is 1. The molecule has 0 radical (unpaired) electrons. The number of aryl methyl sites for hydroxylation is 2. The van der Waals surface area contributed by atoms with Gasteiger partial charge in [-0.3, -0.25) is 14.4 Å². The number of aliphatic hydroxyl groups is 1. The first-order chi connectivity index (χ1) is 21.6. The minimum atomic E-state index is -1.22. The number of anilines is 2. The van der Waals surface area contributed by atoms with E-state index in [0.29, 0.717) is 43.0 Å². The molecule has 3 aliphatic rings. The predicted molar refractivity (Wildman–Crippen MR) is 171 cm³/mol. The van der Waals surface area contributed by atoms with Gasteiger partial charge in [-0.1, -0.05) is 48.5 Å². The van der Waals surface area contributed by atoms with Gasteiger partial charge >= 0.3 is 0 Å². The molecule has 3 saturated heterocycles. The summed E-state index contributed by atoms with van der Waals surface area (Å²) in [6, 6.07) is 20.7. The van der Waals surface area contributed by atoms with Gasteiger partial charge in [-0.15, -0.1) is 0 Å². The molecule has 2 unspecified atom stereocenters. The van der Waals surface area contributed by atoms with Gasteiger partial charge in [-0.2, -0.15) is 0 Å². The Kier molecular flexibility index (Phi) is 8.18. The van der Waals surface area contributed by atoms with Gasteiger partial charge in [0.25, 0.3) is 0 Å². The lowest BCUT2D eigenvalue weighted by molar-refractivity contribution is -0.146. The minimum Gasteiger partial charge on any atom is -0.494 e. The lowest BCUT2D eigenvalue weighted by Crippen LogP contribution is -2.57. The molecular formula is C36H41N3O6. The summed E-state index contributed by atoms with van der Waals surface area (Å²) in [6.45, 7) is 7.80. The standard InChI is InChI=1S/C36H41N3O6/c1-5-44-27-16-14-25(15-17-27)37-32(41)28-29-34(43)39(26(21-40)20-24-12-7-6-8-13-24)31(36(29)19-18-35(28,4)45-36)33(42)38-30-22(2)10-9-11-23(30)3/h6-17,26,28-29,31,40H,5,18-21H2,1-4H3,(H,37,41)(H,38,42)/t26-,28+,29+,31?,35-,36?/m1/s1. The summed E-state index contributed by atoms with van der Waals surface area (Å²) in [6.07, 6.45) is 1.30. The minimum absolute atomic E-state index is 0.332. The van der Waals surface area contributed by atoms with Crippen LogP contribution in [0.3, 0.4) is 0 Å². The summed E-state index contributed by atoms with van der Waals surface area (Å²) >= 11 is 0. The highest BCUT2D eigenvalue weighted by atomic mass is 16.5. The largest absolute Gasteiger partial charge is 0.494 e. The Balaban J connectivity index is 1.38. The van der Waals surface area contributed by atoms with E-state index in [4.69, 9.17) is 9.47 Å². The number of carbonyl (C=O) groups excluding carboxylic acids is 3. The van der Waals surface area contributed by atoms with Crippen molar-refractivity contribution >= 4 is 29.1 Å². The van der Waals surface area contributed by atoms with Gasteiger partial charge in [0, 0.05) is 11.4 Å². The maximum atomic E-state index is 14.6. The van der Waals surface area contributed by atoms with E-state index < -0.39 is 35.1 Å². The number of carbonyl (C=O) groups is 3. The molecular weight excluding hydrogens is 570 g/mol. The van der Waals surface area contributed by atoms with E-state index in [2.05, 4.69) is 10.6 Å². The van der Waals surface area contributed by atoms with Crippen LogP contribution in [0.25, 0.3) is 0 Å². The van der Waals surface area contributed by atoms with E-state index in [0.717, 1.165) is 16.7 Å². The van der Waals surface area contributed by atoms with Gasteiger partial charge in [0.15, 0.2) is 0 Å². The molecule has 3 N–H and O–H groups in total. The molecule has 0 saturated carbocycles. The lowest BCUT2D eigenvalue weighted by atomic mass is 9.66. The molecule has 0 aliphatic carbocycles. The third kappa shape index (κ3) is 5.27. The number of para-hydroxylation sites is 1. The van der Waals surface area contributed by atoms with Crippen molar-refractivity contribution in [3.8, 4) is 5.75 Å². The number of rotatable bonds is 10. The van der Waals surface area contributed by atoms with E-state index in [-0.39, 0.29) is 24.3 Å². The average Bonchev–Trinajstić information content (AvgIpc) is 3.60. The Hall–Kier alpha value is -4.21. The molecule has 45 heavy (non-hydrogen) atoms. The fraction of sp³-hybridized carbons (Fsp3) is 0.417. The molecule has 3 aliphatic heterocycles. The Morgan fingerprint density at radius 3 is 2.31 bits per heavy atom. The van der Waals surface area contributed by atoms with Crippen molar-refractivity contribution in [3.63, 3.8) is 0 Å². The Morgan fingerprint density at radius 1 is 0.978 bits per heavy atom. The number of hydrogen-bond donors (Lipinski definition) is 3. The molecule has 2 bridgehead atoms. The topological polar surface area (TPSA) is 117 Å². The molecule has 0 aromatic heterocycles. The number of benzene rings is 3. The summed E-state index contributed by atoms with van der Waals surface area (Å²) < 4.78 is 12.3. The summed E-state index contributed by atoms with van der Waals surface area (Å²) in [4.78, 5) is 44.7. The van der Waals surface area contributed by atoms with Gasteiger partial charge in [0.1, 0.15) is 17.4 Å². The highest BCUT2D eigenvalue weighted by Crippen LogP contribution is 2.63. The molecule has 3 amide bonds. The summed E-state index contributed by atoms with van der Waals surface area (Å²) in [5.41, 5.74) is 1.81. The molecule has 3 aromatic carbocycles. The predicted octanol–water partition coefficient (Wildman–Crippen LogP) is 4.65. The van der Waals surface area contributed by atoms with Crippen LogP contribution in [0.15, 0.2) is 72.8 Å². The molecule has 236 valence electrons. The van der Waals surface area contributed by atoms with Crippen LogP contribution < -0.4 is 15.4 Å². The van der Waals surface area contributed by atoms with Crippen molar-refractivity contribution in [1.29, 1.82) is 0 Å². The van der Waals surface area contributed by atoms with Crippen molar-refractivity contribution in [2.75, 3.05) is 23.8 Å². The van der Waals surface area contributed by atoms with E-state index in [9.17, 15) is 19.5 Å². The molecule has 3 aromatic rings. The number of likely N-dealkylation sites (tertiary alicyclic amines) is 1. The molecule has 3 heterocycles. The van der Waals surface area contributed by atoms with Gasteiger partial charge in [-0.25, -0.2) is 0 Å². The van der Waals surface area contributed by atoms with Crippen LogP contribution in [0.1, 0.15) is 43.4 Å². The van der Waals surface area contributed by atoms with E-state index in [1.165, 1.54) is 4.90 Å². The Labute approximate surface area is 263 Å². The van der Waals surface area contributed by atoms with E-state index in [1.807, 2.05) is 76.2 Å². The summed E-state index contributed by atoms with van der Waals surface area (Å²) in [7, 11) is 0. The van der Waals surface area contributed by atoms with E-state index >= 15 is 0 Å². The molecule has 1 spiro atoms. The van der Waals surface area contributed by atoms with Crippen molar-refractivity contribution in [1.82, 2.24) is 4.90 Å². The van der Waals surface area contributed by atoms with Gasteiger partial charge < -0.3 is 30.1 Å². The molecule has 6 rings (SSSR count). The second kappa shape index (κ2) is 11.9. The zero-order valence-electron chi connectivity index (χ0n) is 26.2. The number of hydrogen-bond acceptors (Lipinski definition) is 6. The first-order valence-corrected chi connectivity index (χ1v) is 15.7. The SMILES string of the molecule is CCOc1ccc(NC(=O)[C@@H]2[C@H]3C(=O)N([C@@H](CO)Cc4ccccc4)C(C(=O)Nc4c(C)cccc4C)C34CC[C@@]2(C)O4)cc1. The number of aliphatic hydroxyl groups excluding tert-OH is 1. The van der Waals surface area contributed by atoms with E-state index in [1.54, 1.807) is 24.3 Å². The van der Waals surface area contributed by atoms with Crippen LogP contribution in [-0.2, 0) is 25.5 Å². The maximum absolute atomic E-state index is 14.6. The summed E-state index contributed by atoms with van der Waals surface area (Å²) in [5, 5.41) is 16.8. The van der Waals surface area contributed by atoms with Crippen LogP contribution in [-0.4, -0.2) is 64.2 Å². The molecule has 9 heteroatoms. The number of fused-ring (bicyclic) bond motifs is 1. The fourth-order valence-electron chi connectivity index (χ4n) is 7.82. The number of nitrogens with one attached hydrogen (secondary N) is 2. The Bertz CT molecular complexity index is 1570. The lowest BCUT2D eigenvalue weighted by Gasteiger charge is -2.37. The van der Waals surface area contributed by atoms with Crippen LogP contribution in [0.4, 0.5) is 11.4 Å².